The van der Waals surface area contributed by atoms with Crippen LogP contribution in [0, 0.1) is 5.92 Å². The van der Waals surface area contributed by atoms with E-state index < -0.39 is 17.9 Å². The van der Waals surface area contributed by atoms with Crippen molar-refractivity contribution in [1.82, 2.24) is 4.90 Å². The fourth-order valence-corrected chi connectivity index (χ4v) is 2.62. The highest BCUT2D eigenvalue weighted by atomic mass is 16.4. The largest absolute Gasteiger partial charge is 0.481 e. The van der Waals surface area contributed by atoms with Crippen molar-refractivity contribution >= 4 is 11.9 Å². The number of piperidine rings is 1. The third-order valence-electron chi connectivity index (χ3n) is 3.61. The molecule has 1 amide bonds. The van der Waals surface area contributed by atoms with E-state index in [2.05, 4.69) is 0 Å². The standard InChI is InChI=1S/C14H19NO4/c1-2-3-8-15-12(16)7-6-10(14(17)18)13(15)11-5-4-9-19-11/h4-5,9-10,13H,2-3,6-8H2,1H3,(H,17,18)/t10-,13-/m1/s1. The summed E-state index contributed by atoms with van der Waals surface area (Å²) in [6, 6.07) is 3.00. The molecule has 0 bridgehead atoms. The summed E-state index contributed by atoms with van der Waals surface area (Å²) in [7, 11) is 0. The number of hydrogen-bond donors (Lipinski definition) is 1. The number of unbranched alkanes of at least 4 members (excludes halogenated alkanes) is 1. The first kappa shape index (κ1) is 13.6. The fourth-order valence-electron chi connectivity index (χ4n) is 2.62. The Morgan fingerprint density at radius 2 is 2.37 bits per heavy atom. The molecule has 19 heavy (non-hydrogen) atoms. The molecule has 0 spiro atoms. The highest BCUT2D eigenvalue weighted by molar-refractivity contribution is 5.81. The minimum atomic E-state index is -0.865. The molecule has 2 rings (SSSR count). The van der Waals surface area contributed by atoms with E-state index in [0.29, 0.717) is 25.1 Å². The molecule has 1 aliphatic rings. The van der Waals surface area contributed by atoms with E-state index in [0.717, 1.165) is 12.8 Å². The lowest BCUT2D eigenvalue weighted by molar-refractivity contribution is -0.152. The van der Waals surface area contributed by atoms with Crippen molar-refractivity contribution < 1.29 is 19.1 Å². The molecular formula is C14H19NO4. The van der Waals surface area contributed by atoms with Crippen LogP contribution in [0.2, 0.25) is 0 Å². The smallest absolute Gasteiger partial charge is 0.309 e. The van der Waals surface area contributed by atoms with Gasteiger partial charge in [0.15, 0.2) is 0 Å². The Balaban J connectivity index is 2.29. The summed E-state index contributed by atoms with van der Waals surface area (Å²) >= 11 is 0. The molecule has 0 saturated carbocycles. The second kappa shape index (κ2) is 5.91. The zero-order valence-electron chi connectivity index (χ0n) is 11.0. The number of carboxylic acid groups (broad SMARTS) is 1. The maximum Gasteiger partial charge on any atom is 0.309 e. The maximum atomic E-state index is 12.1. The molecule has 1 fully saturated rings. The summed E-state index contributed by atoms with van der Waals surface area (Å²) in [5.74, 6) is -0.861. The average Bonchev–Trinajstić information content (AvgIpc) is 2.90. The molecule has 2 heterocycles. The number of rotatable bonds is 5. The number of aliphatic carboxylic acids is 1. The van der Waals surface area contributed by atoms with Crippen LogP contribution in [0.5, 0.6) is 0 Å². The van der Waals surface area contributed by atoms with Crippen LogP contribution < -0.4 is 0 Å². The predicted molar refractivity (Wildman–Crippen MR) is 68.4 cm³/mol. The topological polar surface area (TPSA) is 70.8 Å². The predicted octanol–water partition coefficient (Wildman–Crippen LogP) is 2.44. The summed E-state index contributed by atoms with van der Waals surface area (Å²) in [6.07, 6.45) is 4.03. The summed E-state index contributed by atoms with van der Waals surface area (Å²) in [4.78, 5) is 25.1. The van der Waals surface area contributed by atoms with Gasteiger partial charge in [-0.2, -0.15) is 0 Å². The van der Waals surface area contributed by atoms with Crippen LogP contribution >= 0.6 is 0 Å². The lowest BCUT2D eigenvalue weighted by Gasteiger charge is -2.38. The highest BCUT2D eigenvalue weighted by Crippen LogP contribution is 2.37. The van der Waals surface area contributed by atoms with Crippen molar-refractivity contribution in [2.75, 3.05) is 6.54 Å². The highest BCUT2D eigenvalue weighted by Gasteiger charge is 2.41. The van der Waals surface area contributed by atoms with Gasteiger partial charge >= 0.3 is 5.97 Å². The SMILES string of the molecule is CCCCN1C(=O)CC[C@@H](C(=O)O)[C@@H]1c1ccco1. The van der Waals surface area contributed by atoms with Gasteiger partial charge in [-0.15, -0.1) is 0 Å². The second-order valence-corrected chi connectivity index (χ2v) is 4.88. The molecule has 1 N–H and O–H groups in total. The van der Waals surface area contributed by atoms with Gasteiger partial charge in [0.25, 0.3) is 0 Å². The Morgan fingerprint density at radius 3 is 2.95 bits per heavy atom. The number of likely N-dealkylation sites (tertiary alicyclic amines) is 1. The van der Waals surface area contributed by atoms with Crippen molar-refractivity contribution in [2.45, 2.75) is 38.6 Å². The Morgan fingerprint density at radius 1 is 1.58 bits per heavy atom. The first-order chi connectivity index (χ1) is 9.15. The molecule has 1 aliphatic heterocycles. The van der Waals surface area contributed by atoms with E-state index in [4.69, 9.17) is 4.42 Å². The monoisotopic (exact) mass is 265 g/mol. The number of carboxylic acids is 1. The zero-order chi connectivity index (χ0) is 13.8. The first-order valence-electron chi connectivity index (χ1n) is 6.70. The molecule has 5 nitrogen and oxygen atoms in total. The van der Waals surface area contributed by atoms with Crippen LogP contribution in [-0.4, -0.2) is 28.4 Å². The van der Waals surface area contributed by atoms with Crippen LogP contribution in [0.15, 0.2) is 22.8 Å². The van der Waals surface area contributed by atoms with Crippen LogP contribution in [0.1, 0.15) is 44.4 Å². The first-order valence-corrected chi connectivity index (χ1v) is 6.70. The van der Waals surface area contributed by atoms with E-state index in [1.165, 1.54) is 6.26 Å². The second-order valence-electron chi connectivity index (χ2n) is 4.88. The van der Waals surface area contributed by atoms with E-state index >= 15 is 0 Å². The third-order valence-corrected chi connectivity index (χ3v) is 3.61. The lowest BCUT2D eigenvalue weighted by Crippen LogP contribution is -2.45. The molecular weight excluding hydrogens is 246 g/mol. The minimum Gasteiger partial charge on any atom is -0.481 e. The molecule has 0 aromatic carbocycles. The summed E-state index contributed by atoms with van der Waals surface area (Å²) in [6.45, 7) is 2.63. The average molecular weight is 265 g/mol. The van der Waals surface area contributed by atoms with E-state index in [-0.39, 0.29) is 5.91 Å². The van der Waals surface area contributed by atoms with Crippen molar-refractivity contribution in [3.63, 3.8) is 0 Å². The Hall–Kier alpha value is -1.78. The summed E-state index contributed by atoms with van der Waals surface area (Å²) < 4.78 is 5.35. The molecule has 0 radical (unpaired) electrons. The van der Waals surface area contributed by atoms with Gasteiger partial charge in [0.1, 0.15) is 11.8 Å². The Kier molecular flexibility index (Phi) is 4.24. The van der Waals surface area contributed by atoms with Gasteiger partial charge in [0, 0.05) is 13.0 Å². The Bertz CT molecular complexity index is 440. The number of carbonyl (C=O) groups is 2. The van der Waals surface area contributed by atoms with Gasteiger partial charge in [-0.05, 0) is 25.0 Å². The molecule has 0 aliphatic carbocycles. The van der Waals surface area contributed by atoms with Crippen molar-refractivity contribution in [3.05, 3.63) is 24.2 Å². The van der Waals surface area contributed by atoms with Gasteiger partial charge < -0.3 is 14.4 Å². The zero-order valence-corrected chi connectivity index (χ0v) is 11.0. The molecule has 1 aromatic rings. The van der Waals surface area contributed by atoms with Crippen molar-refractivity contribution in [2.24, 2.45) is 5.92 Å². The number of hydrogen-bond acceptors (Lipinski definition) is 3. The van der Waals surface area contributed by atoms with Crippen molar-refractivity contribution in [3.8, 4) is 0 Å². The normalized spacial score (nSPS) is 23.6. The summed E-state index contributed by atoms with van der Waals surface area (Å²) in [5.41, 5.74) is 0. The van der Waals surface area contributed by atoms with Gasteiger partial charge in [0.05, 0.1) is 12.2 Å². The summed E-state index contributed by atoms with van der Waals surface area (Å²) in [5, 5.41) is 9.36. The van der Waals surface area contributed by atoms with E-state index in [1.54, 1.807) is 17.0 Å². The molecule has 5 heteroatoms. The van der Waals surface area contributed by atoms with Gasteiger partial charge in [-0.1, -0.05) is 13.3 Å². The molecule has 104 valence electrons. The number of furan rings is 1. The fraction of sp³-hybridized carbons (Fsp3) is 0.571. The number of carbonyl (C=O) groups excluding carboxylic acids is 1. The minimum absolute atomic E-state index is 0.0207. The molecule has 1 aromatic heterocycles. The van der Waals surface area contributed by atoms with Crippen LogP contribution in [0.25, 0.3) is 0 Å². The van der Waals surface area contributed by atoms with Gasteiger partial charge in [-0.3, -0.25) is 9.59 Å². The number of nitrogens with zero attached hydrogens (tertiary/aromatic N) is 1. The lowest BCUT2D eigenvalue weighted by atomic mass is 9.87. The molecule has 1 saturated heterocycles. The third kappa shape index (κ3) is 2.80. The quantitative estimate of drug-likeness (QED) is 0.887. The van der Waals surface area contributed by atoms with Gasteiger partial charge in [0.2, 0.25) is 5.91 Å². The maximum absolute atomic E-state index is 12.1. The van der Waals surface area contributed by atoms with E-state index in [1.807, 2.05) is 6.92 Å². The van der Waals surface area contributed by atoms with Crippen LogP contribution in [0.3, 0.4) is 0 Å². The molecule has 0 unspecified atom stereocenters. The van der Waals surface area contributed by atoms with Crippen LogP contribution in [-0.2, 0) is 9.59 Å². The number of amides is 1. The van der Waals surface area contributed by atoms with E-state index in [9.17, 15) is 14.7 Å². The Labute approximate surface area is 112 Å². The van der Waals surface area contributed by atoms with Crippen molar-refractivity contribution in [1.29, 1.82) is 0 Å². The molecule has 2 atom stereocenters. The van der Waals surface area contributed by atoms with Crippen LogP contribution in [0.4, 0.5) is 0 Å². The van der Waals surface area contributed by atoms with Gasteiger partial charge in [-0.25, -0.2) is 0 Å².